The molecule has 1 heterocycles. The molecule has 0 radical (unpaired) electrons. The molecule has 5 nitrogen and oxygen atoms in total. The largest absolute Gasteiger partial charge is 0.411 e. The van der Waals surface area contributed by atoms with Crippen LogP contribution in [-0.4, -0.2) is 37.7 Å². The first kappa shape index (κ1) is 12.0. The molecule has 0 aliphatic rings. The zero-order valence-corrected chi connectivity index (χ0v) is 10.0. The Bertz CT molecular complexity index is 321. The highest BCUT2D eigenvalue weighted by molar-refractivity contribution is 7.98. The monoisotopic (exact) mass is 228 g/mol. The van der Waals surface area contributed by atoms with E-state index in [4.69, 9.17) is 5.21 Å². The number of hydrogen-bond donors (Lipinski definition) is 1. The molecule has 1 N–H and O–H groups in total. The fraction of sp³-hybridized carbons (Fsp3) is 0.667. The third-order valence-electron chi connectivity index (χ3n) is 2.19. The highest BCUT2D eigenvalue weighted by Crippen LogP contribution is 2.23. The molecule has 0 aliphatic heterocycles. The maximum absolute atomic E-state index is 9.00. The Morgan fingerprint density at radius 1 is 1.60 bits per heavy atom. The number of nitrogens with zero attached hydrogens (tertiary/aromatic N) is 4. The fourth-order valence-electron chi connectivity index (χ4n) is 1.29. The van der Waals surface area contributed by atoms with Gasteiger partial charge in [0, 0.05) is 11.2 Å². The van der Waals surface area contributed by atoms with Crippen LogP contribution in [0.5, 0.6) is 0 Å². The van der Waals surface area contributed by atoms with E-state index in [1.807, 2.05) is 6.26 Å². The summed E-state index contributed by atoms with van der Waals surface area (Å²) in [6.07, 6.45) is 5.11. The SMILES string of the molecule is CSCC(C)(C)C(Cn1cncn1)=NO. The Balaban J connectivity index is 2.72. The van der Waals surface area contributed by atoms with Crippen molar-refractivity contribution in [3.63, 3.8) is 0 Å². The van der Waals surface area contributed by atoms with Gasteiger partial charge in [-0.1, -0.05) is 19.0 Å². The van der Waals surface area contributed by atoms with Gasteiger partial charge in [0.15, 0.2) is 0 Å². The number of oxime groups is 1. The second-order valence-electron chi connectivity index (χ2n) is 3.96. The van der Waals surface area contributed by atoms with Crippen LogP contribution in [0.25, 0.3) is 0 Å². The van der Waals surface area contributed by atoms with Crippen LogP contribution in [0.3, 0.4) is 0 Å². The normalized spacial score (nSPS) is 13.1. The molecule has 0 aliphatic carbocycles. The maximum atomic E-state index is 9.00. The van der Waals surface area contributed by atoms with E-state index in [2.05, 4.69) is 29.1 Å². The van der Waals surface area contributed by atoms with E-state index >= 15 is 0 Å². The summed E-state index contributed by atoms with van der Waals surface area (Å²) >= 11 is 1.73. The Morgan fingerprint density at radius 3 is 2.80 bits per heavy atom. The van der Waals surface area contributed by atoms with Crippen LogP contribution in [0, 0.1) is 5.41 Å². The minimum absolute atomic E-state index is 0.139. The summed E-state index contributed by atoms with van der Waals surface area (Å²) in [5, 5.41) is 16.4. The summed E-state index contributed by atoms with van der Waals surface area (Å²) in [7, 11) is 0. The molecular formula is C9H16N4OS. The molecule has 0 saturated heterocycles. The third-order valence-corrected chi connectivity index (χ3v) is 3.20. The van der Waals surface area contributed by atoms with Gasteiger partial charge in [0.2, 0.25) is 0 Å². The van der Waals surface area contributed by atoms with Gasteiger partial charge in [-0.05, 0) is 6.26 Å². The van der Waals surface area contributed by atoms with Crippen molar-refractivity contribution in [2.75, 3.05) is 12.0 Å². The van der Waals surface area contributed by atoms with Crippen molar-refractivity contribution >= 4 is 17.5 Å². The predicted octanol–water partition coefficient (Wildman–Crippen LogP) is 1.50. The van der Waals surface area contributed by atoms with Crippen molar-refractivity contribution < 1.29 is 5.21 Å². The number of hydrogen-bond acceptors (Lipinski definition) is 5. The number of thioether (sulfide) groups is 1. The lowest BCUT2D eigenvalue weighted by Gasteiger charge is -2.24. The van der Waals surface area contributed by atoms with Crippen molar-refractivity contribution in [1.82, 2.24) is 14.8 Å². The molecule has 1 aromatic heterocycles. The average molecular weight is 228 g/mol. The Morgan fingerprint density at radius 2 is 2.33 bits per heavy atom. The maximum Gasteiger partial charge on any atom is 0.137 e. The molecule has 1 rings (SSSR count). The van der Waals surface area contributed by atoms with Crippen LogP contribution in [-0.2, 0) is 6.54 Å². The highest BCUT2D eigenvalue weighted by atomic mass is 32.2. The third kappa shape index (κ3) is 3.23. The first-order chi connectivity index (χ1) is 7.10. The zero-order valence-electron chi connectivity index (χ0n) is 9.21. The Kier molecular flexibility index (Phi) is 4.14. The van der Waals surface area contributed by atoms with Gasteiger partial charge in [-0.2, -0.15) is 16.9 Å². The van der Waals surface area contributed by atoms with E-state index in [0.29, 0.717) is 12.3 Å². The van der Waals surface area contributed by atoms with Crippen molar-refractivity contribution in [3.8, 4) is 0 Å². The van der Waals surface area contributed by atoms with Gasteiger partial charge in [0.25, 0.3) is 0 Å². The summed E-state index contributed by atoms with van der Waals surface area (Å²) in [4.78, 5) is 3.85. The number of aromatic nitrogens is 3. The van der Waals surface area contributed by atoms with Gasteiger partial charge >= 0.3 is 0 Å². The van der Waals surface area contributed by atoms with Crippen LogP contribution in [0.2, 0.25) is 0 Å². The molecule has 0 atom stereocenters. The minimum atomic E-state index is -0.139. The first-order valence-electron chi connectivity index (χ1n) is 4.63. The molecule has 0 unspecified atom stereocenters. The van der Waals surface area contributed by atoms with E-state index in [1.54, 1.807) is 22.8 Å². The molecule has 84 valence electrons. The molecule has 0 fully saturated rings. The Labute approximate surface area is 93.6 Å². The molecule has 0 saturated carbocycles. The van der Waals surface area contributed by atoms with Crippen LogP contribution < -0.4 is 0 Å². The van der Waals surface area contributed by atoms with E-state index < -0.39 is 0 Å². The highest BCUT2D eigenvalue weighted by Gasteiger charge is 2.25. The lowest BCUT2D eigenvalue weighted by Crippen LogP contribution is -2.31. The molecule has 6 heteroatoms. The number of rotatable bonds is 5. The van der Waals surface area contributed by atoms with Crippen LogP contribution in [0.15, 0.2) is 17.8 Å². The van der Waals surface area contributed by atoms with Gasteiger partial charge in [-0.3, -0.25) is 0 Å². The summed E-state index contributed by atoms with van der Waals surface area (Å²) in [5.74, 6) is 0.904. The molecule has 0 amide bonds. The van der Waals surface area contributed by atoms with Gasteiger partial charge in [-0.25, -0.2) is 9.67 Å². The van der Waals surface area contributed by atoms with Crippen LogP contribution in [0.4, 0.5) is 0 Å². The van der Waals surface area contributed by atoms with Crippen LogP contribution in [0.1, 0.15) is 13.8 Å². The Hall–Kier alpha value is -1.04. The molecule has 15 heavy (non-hydrogen) atoms. The zero-order chi connectivity index (χ0) is 11.3. The van der Waals surface area contributed by atoms with Crippen molar-refractivity contribution in [2.45, 2.75) is 20.4 Å². The smallest absolute Gasteiger partial charge is 0.137 e. The lowest BCUT2D eigenvalue weighted by atomic mass is 9.89. The predicted molar refractivity (Wildman–Crippen MR) is 61.4 cm³/mol. The van der Waals surface area contributed by atoms with E-state index in [0.717, 1.165) is 5.75 Å². The first-order valence-corrected chi connectivity index (χ1v) is 6.02. The second kappa shape index (κ2) is 5.16. The molecule has 0 bridgehead atoms. The van der Waals surface area contributed by atoms with Gasteiger partial charge in [-0.15, -0.1) is 0 Å². The summed E-state index contributed by atoms with van der Waals surface area (Å²) in [5.41, 5.74) is 0.572. The molecular weight excluding hydrogens is 212 g/mol. The summed E-state index contributed by atoms with van der Waals surface area (Å²) in [6.45, 7) is 4.58. The standard InChI is InChI=1S/C9H16N4OS/c1-9(2,5-15-3)8(12-14)4-13-7-10-6-11-13/h6-7,14H,4-5H2,1-3H3. The van der Waals surface area contributed by atoms with Crippen molar-refractivity contribution in [1.29, 1.82) is 0 Å². The topological polar surface area (TPSA) is 63.3 Å². The van der Waals surface area contributed by atoms with Gasteiger partial charge in [0.1, 0.15) is 12.7 Å². The second-order valence-corrected chi connectivity index (χ2v) is 4.82. The quantitative estimate of drug-likeness (QED) is 0.471. The fourth-order valence-corrected chi connectivity index (χ4v) is 2.18. The summed E-state index contributed by atoms with van der Waals surface area (Å²) < 4.78 is 1.65. The van der Waals surface area contributed by atoms with Crippen molar-refractivity contribution in [3.05, 3.63) is 12.7 Å². The average Bonchev–Trinajstić information content (AvgIpc) is 2.66. The minimum Gasteiger partial charge on any atom is -0.411 e. The molecule has 0 aromatic carbocycles. The summed E-state index contributed by atoms with van der Waals surface area (Å²) in [6, 6.07) is 0. The van der Waals surface area contributed by atoms with E-state index in [9.17, 15) is 0 Å². The van der Waals surface area contributed by atoms with E-state index in [1.165, 1.54) is 6.33 Å². The van der Waals surface area contributed by atoms with Gasteiger partial charge < -0.3 is 5.21 Å². The molecule has 0 spiro atoms. The molecule has 1 aromatic rings. The van der Waals surface area contributed by atoms with Crippen molar-refractivity contribution in [2.24, 2.45) is 10.6 Å². The van der Waals surface area contributed by atoms with Gasteiger partial charge in [0.05, 0.1) is 12.3 Å². The van der Waals surface area contributed by atoms with Crippen LogP contribution >= 0.6 is 11.8 Å². The van der Waals surface area contributed by atoms with E-state index in [-0.39, 0.29) is 5.41 Å². The lowest BCUT2D eigenvalue weighted by molar-refractivity contribution is 0.307.